The first-order chi connectivity index (χ1) is 16.6. The van der Waals surface area contributed by atoms with Gasteiger partial charge in [0.2, 0.25) is 0 Å². The van der Waals surface area contributed by atoms with Gasteiger partial charge in [-0.2, -0.15) is 18.4 Å². The number of anilines is 1. The summed E-state index contributed by atoms with van der Waals surface area (Å²) >= 11 is 2.07. The van der Waals surface area contributed by atoms with Crippen molar-refractivity contribution in [2.45, 2.75) is 19.7 Å². The van der Waals surface area contributed by atoms with Crippen LogP contribution < -0.4 is 14.8 Å². The van der Waals surface area contributed by atoms with E-state index in [2.05, 4.69) is 27.9 Å². The van der Waals surface area contributed by atoms with Crippen LogP contribution in [0, 0.1) is 21.8 Å². The second kappa shape index (κ2) is 11.3. The molecule has 0 aliphatic heterocycles. The Labute approximate surface area is 214 Å². The van der Waals surface area contributed by atoms with Crippen LogP contribution in [0.5, 0.6) is 11.5 Å². The number of carbonyl (C=O) groups excluding carboxylic acids is 1. The number of aryl methyl sites for hydroxylation is 1. The summed E-state index contributed by atoms with van der Waals surface area (Å²) in [6.45, 7) is 2.32. The second-order valence-electron chi connectivity index (χ2n) is 7.45. The molecular weight excluding hydrogens is 572 g/mol. The van der Waals surface area contributed by atoms with Crippen molar-refractivity contribution in [2.75, 3.05) is 12.4 Å². The molecule has 0 unspecified atom stereocenters. The predicted octanol–water partition coefficient (Wildman–Crippen LogP) is 6.75. The molecule has 5 nitrogen and oxygen atoms in total. The van der Waals surface area contributed by atoms with Gasteiger partial charge in [-0.15, -0.1) is 0 Å². The predicted molar refractivity (Wildman–Crippen MR) is 135 cm³/mol. The lowest BCUT2D eigenvalue weighted by Crippen LogP contribution is -2.14. The molecule has 1 N–H and O–H groups in total. The van der Waals surface area contributed by atoms with Gasteiger partial charge in [0.1, 0.15) is 18.2 Å². The molecule has 0 spiro atoms. The lowest BCUT2D eigenvalue weighted by atomic mass is 10.1. The number of alkyl halides is 3. The molecule has 9 heteroatoms. The molecule has 0 bridgehead atoms. The standard InChI is InChI=1S/C26H20F3IN2O3/c1-16-6-3-4-7-18(16)15-35-24-22(30)11-17(12-23(24)34-2)10-19(14-31)25(33)32-21-9-5-8-20(13-21)26(27,28)29/h3-13H,15H2,1-2H3,(H,32,33)/b19-10+. The number of amides is 1. The molecule has 0 aromatic heterocycles. The summed E-state index contributed by atoms with van der Waals surface area (Å²) in [6, 6.07) is 17.1. The number of hydrogen-bond donors (Lipinski definition) is 1. The van der Waals surface area contributed by atoms with Crippen molar-refractivity contribution in [2.24, 2.45) is 0 Å². The maximum atomic E-state index is 12.9. The van der Waals surface area contributed by atoms with E-state index in [-0.39, 0.29) is 11.3 Å². The third kappa shape index (κ3) is 6.76. The normalized spacial score (nSPS) is 11.5. The molecule has 180 valence electrons. The maximum Gasteiger partial charge on any atom is 0.416 e. The molecule has 0 saturated heterocycles. The van der Waals surface area contributed by atoms with E-state index in [4.69, 9.17) is 9.47 Å². The number of halogens is 4. The molecule has 0 aliphatic carbocycles. The third-order valence-corrected chi connectivity index (χ3v) is 5.81. The van der Waals surface area contributed by atoms with Gasteiger partial charge >= 0.3 is 6.18 Å². The highest BCUT2D eigenvalue weighted by molar-refractivity contribution is 14.1. The monoisotopic (exact) mass is 592 g/mol. The van der Waals surface area contributed by atoms with E-state index < -0.39 is 17.6 Å². The fourth-order valence-electron chi connectivity index (χ4n) is 3.17. The van der Waals surface area contributed by atoms with Crippen molar-refractivity contribution in [1.82, 2.24) is 0 Å². The van der Waals surface area contributed by atoms with E-state index in [1.165, 1.54) is 25.3 Å². The van der Waals surface area contributed by atoms with Crippen LogP contribution in [0.3, 0.4) is 0 Å². The summed E-state index contributed by atoms with van der Waals surface area (Å²) in [4.78, 5) is 12.6. The van der Waals surface area contributed by atoms with Gasteiger partial charge in [-0.3, -0.25) is 4.79 Å². The van der Waals surface area contributed by atoms with Crippen molar-refractivity contribution >= 4 is 40.3 Å². The molecule has 0 heterocycles. The summed E-state index contributed by atoms with van der Waals surface area (Å²) < 4.78 is 50.9. The summed E-state index contributed by atoms with van der Waals surface area (Å²) in [7, 11) is 1.48. The number of nitrogens with zero attached hydrogens (tertiary/aromatic N) is 1. The van der Waals surface area contributed by atoms with Crippen molar-refractivity contribution in [1.29, 1.82) is 5.26 Å². The Kier molecular flexibility index (Phi) is 8.40. The van der Waals surface area contributed by atoms with Crippen LogP contribution in [0.1, 0.15) is 22.3 Å². The second-order valence-corrected chi connectivity index (χ2v) is 8.61. The van der Waals surface area contributed by atoms with E-state index >= 15 is 0 Å². The zero-order valence-corrected chi connectivity index (χ0v) is 20.9. The Bertz CT molecular complexity index is 1310. The number of hydrogen-bond acceptors (Lipinski definition) is 4. The van der Waals surface area contributed by atoms with Crippen LogP contribution in [0.25, 0.3) is 6.08 Å². The van der Waals surface area contributed by atoms with Gasteiger partial charge in [0.15, 0.2) is 11.5 Å². The van der Waals surface area contributed by atoms with Gasteiger partial charge < -0.3 is 14.8 Å². The first-order valence-corrected chi connectivity index (χ1v) is 11.4. The number of ether oxygens (including phenoxy) is 2. The molecule has 0 aliphatic rings. The maximum absolute atomic E-state index is 12.9. The number of nitriles is 1. The Balaban J connectivity index is 1.83. The average molecular weight is 592 g/mol. The highest BCUT2D eigenvalue weighted by Crippen LogP contribution is 2.35. The number of nitrogens with one attached hydrogen (secondary N) is 1. The fourth-order valence-corrected chi connectivity index (χ4v) is 3.95. The van der Waals surface area contributed by atoms with E-state index in [1.807, 2.05) is 31.2 Å². The SMILES string of the molecule is COc1cc(/C=C(\C#N)C(=O)Nc2cccc(C(F)(F)F)c2)cc(I)c1OCc1ccccc1C. The summed E-state index contributed by atoms with van der Waals surface area (Å²) in [5.74, 6) is 0.0911. The van der Waals surface area contributed by atoms with Crippen LogP contribution in [0.4, 0.5) is 18.9 Å². The Morgan fingerprint density at radius 2 is 1.89 bits per heavy atom. The molecule has 0 saturated carbocycles. The average Bonchev–Trinajstić information content (AvgIpc) is 2.82. The lowest BCUT2D eigenvalue weighted by molar-refractivity contribution is -0.137. The number of benzene rings is 3. The molecule has 0 fully saturated rings. The quantitative estimate of drug-likeness (QED) is 0.187. The molecule has 1 amide bonds. The van der Waals surface area contributed by atoms with Crippen molar-refractivity contribution in [3.8, 4) is 17.6 Å². The Morgan fingerprint density at radius 1 is 1.14 bits per heavy atom. The highest BCUT2D eigenvalue weighted by atomic mass is 127. The third-order valence-electron chi connectivity index (χ3n) is 5.01. The van der Waals surface area contributed by atoms with Gasteiger partial charge in [-0.25, -0.2) is 0 Å². The molecule has 0 radical (unpaired) electrons. The number of rotatable bonds is 7. The van der Waals surface area contributed by atoms with E-state index in [9.17, 15) is 23.2 Å². The smallest absolute Gasteiger partial charge is 0.416 e. The van der Waals surface area contributed by atoms with Crippen molar-refractivity contribution < 1.29 is 27.4 Å². The zero-order valence-electron chi connectivity index (χ0n) is 18.7. The van der Waals surface area contributed by atoms with Gasteiger partial charge in [0, 0.05) is 5.69 Å². The summed E-state index contributed by atoms with van der Waals surface area (Å²) in [5, 5.41) is 11.8. The van der Waals surface area contributed by atoms with Crippen molar-refractivity contribution in [3.05, 3.63) is 92.1 Å². The van der Waals surface area contributed by atoms with Crippen LogP contribution in [-0.2, 0) is 17.6 Å². The molecule has 3 aromatic carbocycles. The number of carbonyl (C=O) groups is 1. The van der Waals surface area contributed by atoms with Gasteiger partial charge in [-0.1, -0.05) is 30.3 Å². The minimum absolute atomic E-state index is 0.0712. The number of methoxy groups -OCH3 is 1. The van der Waals surface area contributed by atoms with Crippen LogP contribution in [0.15, 0.2) is 66.2 Å². The summed E-state index contributed by atoms with van der Waals surface area (Å²) in [5.41, 5.74) is 1.34. The highest BCUT2D eigenvalue weighted by Gasteiger charge is 2.30. The molecule has 0 atom stereocenters. The van der Waals surface area contributed by atoms with Crippen molar-refractivity contribution in [3.63, 3.8) is 0 Å². The minimum Gasteiger partial charge on any atom is -0.493 e. The van der Waals surface area contributed by atoms with Crippen LogP contribution >= 0.6 is 22.6 Å². The van der Waals surface area contributed by atoms with E-state index in [1.54, 1.807) is 18.2 Å². The van der Waals surface area contributed by atoms with E-state index in [0.29, 0.717) is 27.2 Å². The lowest BCUT2D eigenvalue weighted by Gasteiger charge is -2.15. The topological polar surface area (TPSA) is 71.3 Å². The largest absolute Gasteiger partial charge is 0.493 e. The van der Waals surface area contributed by atoms with Crippen LogP contribution in [0.2, 0.25) is 0 Å². The van der Waals surface area contributed by atoms with Gasteiger partial charge in [-0.05, 0) is 82.6 Å². The zero-order chi connectivity index (χ0) is 25.6. The Hall–Kier alpha value is -3.52. The van der Waals surface area contributed by atoms with Gasteiger partial charge in [0.25, 0.3) is 5.91 Å². The Morgan fingerprint density at radius 3 is 2.54 bits per heavy atom. The molecule has 3 aromatic rings. The molecule has 35 heavy (non-hydrogen) atoms. The first kappa shape index (κ1) is 26.1. The minimum atomic E-state index is -4.55. The van der Waals surface area contributed by atoms with E-state index in [0.717, 1.165) is 23.3 Å². The first-order valence-electron chi connectivity index (χ1n) is 10.3. The molecule has 3 rings (SSSR count). The fraction of sp³-hybridized carbons (Fsp3) is 0.154. The van der Waals surface area contributed by atoms with Gasteiger partial charge in [0.05, 0.1) is 16.2 Å². The summed E-state index contributed by atoms with van der Waals surface area (Å²) in [6.07, 6.45) is -3.22. The van der Waals surface area contributed by atoms with Crippen LogP contribution in [-0.4, -0.2) is 13.0 Å². The molecular formula is C26H20F3IN2O3.